The Hall–Kier alpha value is -0.120. The fraction of sp³-hybridized carbons (Fsp3) is 1.00. The van der Waals surface area contributed by atoms with Crippen LogP contribution in [0.2, 0.25) is 0 Å². The maximum Gasteiger partial charge on any atom is 0.0593 e. The van der Waals surface area contributed by atoms with E-state index >= 15 is 0 Å². The first kappa shape index (κ1) is 9.44. The second kappa shape index (κ2) is 3.95. The van der Waals surface area contributed by atoms with Crippen molar-refractivity contribution in [3.8, 4) is 0 Å². The Labute approximate surface area is 80.4 Å². The molecule has 0 amide bonds. The molecule has 0 aromatic heterocycles. The first-order valence-corrected chi connectivity index (χ1v) is 5.28. The molecule has 2 aliphatic heterocycles. The van der Waals surface area contributed by atoms with Gasteiger partial charge in [-0.1, -0.05) is 0 Å². The summed E-state index contributed by atoms with van der Waals surface area (Å²) in [4.78, 5) is 2.40. The summed E-state index contributed by atoms with van der Waals surface area (Å²) >= 11 is 0. The molecule has 2 fully saturated rings. The number of nitrogens with zero attached hydrogens (tertiary/aromatic N) is 1. The summed E-state index contributed by atoms with van der Waals surface area (Å²) in [5.41, 5.74) is 0.406. The molecule has 2 rings (SSSR count). The zero-order valence-electron chi connectivity index (χ0n) is 8.51. The fourth-order valence-electron chi connectivity index (χ4n) is 2.49. The predicted octanol–water partition coefficient (Wildman–Crippen LogP) is 0.318. The van der Waals surface area contributed by atoms with Crippen molar-refractivity contribution in [1.29, 1.82) is 0 Å². The van der Waals surface area contributed by atoms with Crippen LogP contribution in [0.25, 0.3) is 0 Å². The van der Waals surface area contributed by atoms with Gasteiger partial charge in [-0.15, -0.1) is 0 Å². The minimum Gasteiger partial charge on any atom is -0.379 e. The minimum atomic E-state index is 0.406. The molecule has 1 atom stereocenters. The predicted molar refractivity (Wildman–Crippen MR) is 52.9 cm³/mol. The Balaban J connectivity index is 2.00. The van der Waals surface area contributed by atoms with E-state index in [1.807, 2.05) is 0 Å². The first-order chi connectivity index (χ1) is 6.31. The maximum absolute atomic E-state index is 5.68. The lowest BCUT2D eigenvalue weighted by Gasteiger charge is -2.37. The van der Waals surface area contributed by atoms with E-state index in [1.54, 1.807) is 0 Å². The number of rotatable bonds is 0. The van der Waals surface area contributed by atoms with E-state index in [-0.39, 0.29) is 0 Å². The second-order valence-electron chi connectivity index (χ2n) is 4.57. The van der Waals surface area contributed by atoms with E-state index in [4.69, 9.17) is 4.74 Å². The molecule has 2 heterocycles. The van der Waals surface area contributed by atoms with Gasteiger partial charge in [-0.05, 0) is 26.4 Å². The smallest absolute Gasteiger partial charge is 0.0593 e. The first-order valence-electron chi connectivity index (χ1n) is 5.28. The minimum absolute atomic E-state index is 0.406. The average Bonchev–Trinajstić information content (AvgIpc) is 2.29. The zero-order chi connectivity index (χ0) is 9.15. The summed E-state index contributed by atoms with van der Waals surface area (Å²) in [6.45, 7) is 6.45. The second-order valence-corrected chi connectivity index (χ2v) is 4.57. The molecule has 1 N–H and O–H groups in total. The third-order valence-corrected chi connectivity index (χ3v) is 3.19. The van der Waals surface area contributed by atoms with Crippen molar-refractivity contribution < 1.29 is 4.74 Å². The number of piperidine rings is 1. The van der Waals surface area contributed by atoms with E-state index < -0.39 is 0 Å². The Morgan fingerprint density at radius 2 is 2.38 bits per heavy atom. The van der Waals surface area contributed by atoms with Gasteiger partial charge in [0.15, 0.2) is 0 Å². The molecule has 1 spiro atoms. The summed E-state index contributed by atoms with van der Waals surface area (Å²) in [5.74, 6) is 0. The van der Waals surface area contributed by atoms with Crippen LogP contribution in [0.15, 0.2) is 0 Å². The third-order valence-electron chi connectivity index (χ3n) is 3.19. The van der Waals surface area contributed by atoms with Gasteiger partial charge >= 0.3 is 0 Å². The van der Waals surface area contributed by atoms with E-state index in [2.05, 4.69) is 17.3 Å². The van der Waals surface area contributed by atoms with Gasteiger partial charge in [0, 0.05) is 25.0 Å². The van der Waals surface area contributed by atoms with Crippen molar-refractivity contribution in [2.75, 3.05) is 46.4 Å². The molecule has 0 radical (unpaired) electrons. The van der Waals surface area contributed by atoms with Gasteiger partial charge in [0.2, 0.25) is 0 Å². The Morgan fingerprint density at radius 1 is 1.46 bits per heavy atom. The molecule has 0 aliphatic carbocycles. The molecule has 0 unspecified atom stereocenters. The van der Waals surface area contributed by atoms with Crippen molar-refractivity contribution >= 4 is 0 Å². The number of nitrogens with one attached hydrogen (secondary N) is 1. The lowest BCUT2D eigenvalue weighted by molar-refractivity contribution is 0.0502. The van der Waals surface area contributed by atoms with Crippen molar-refractivity contribution in [2.45, 2.75) is 12.8 Å². The maximum atomic E-state index is 5.68. The summed E-state index contributed by atoms with van der Waals surface area (Å²) < 4.78 is 5.68. The average molecular weight is 184 g/mol. The highest BCUT2D eigenvalue weighted by atomic mass is 16.5. The molecule has 3 nitrogen and oxygen atoms in total. The highest BCUT2D eigenvalue weighted by Crippen LogP contribution is 2.28. The Bertz CT molecular complexity index is 166. The van der Waals surface area contributed by atoms with Crippen LogP contribution in [-0.4, -0.2) is 51.3 Å². The van der Waals surface area contributed by atoms with Crippen LogP contribution in [0.1, 0.15) is 12.8 Å². The highest BCUT2D eigenvalue weighted by molar-refractivity contribution is 4.88. The molecular weight excluding hydrogens is 164 g/mol. The van der Waals surface area contributed by atoms with Gasteiger partial charge in [0.05, 0.1) is 13.2 Å². The highest BCUT2D eigenvalue weighted by Gasteiger charge is 2.34. The number of ether oxygens (including phenoxy) is 1. The quantitative estimate of drug-likeness (QED) is 0.587. The van der Waals surface area contributed by atoms with Gasteiger partial charge in [0.1, 0.15) is 0 Å². The van der Waals surface area contributed by atoms with Crippen LogP contribution in [0.3, 0.4) is 0 Å². The molecule has 0 saturated carbocycles. The molecule has 2 saturated heterocycles. The molecule has 3 heteroatoms. The standard InChI is InChI=1S/C10H20N2O/c1-12-5-6-13-9-10(8-12)3-2-4-11-7-10/h11H,2-9H2,1H3/t10-/m0/s1. The van der Waals surface area contributed by atoms with Crippen LogP contribution in [0.5, 0.6) is 0 Å². The normalized spacial score (nSPS) is 37.6. The fourth-order valence-corrected chi connectivity index (χ4v) is 2.49. The van der Waals surface area contributed by atoms with Crippen molar-refractivity contribution in [3.63, 3.8) is 0 Å². The van der Waals surface area contributed by atoms with Crippen LogP contribution in [0, 0.1) is 5.41 Å². The summed E-state index contributed by atoms with van der Waals surface area (Å²) in [7, 11) is 2.20. The number of hydrogen-bond acceptors (Lipinski definition) is 3. The third kappa shape index (κ3) is 2.22. The van der Waals surface area contributed by atoms with Crippen LogP contribution in [0.4, 0.5) is 0 Å². The van der Waals surface area contributed by atoms with E-state index in [1.165, 1.54) is 25.9 Å². The number of hydrogen-bond donors (Lipinski definition) is 1. The van der Waals surface area contributed by atoms with E-state index in [9.17, 15) is 0 Å². The van der Waals surface area contributed by atoms with Crippen LogP contribution < -0.4 is 5.32 Å². The van der Waals surface area contributed by atoms with Gasteiger partial charge in [-0.3, -0.25) is 0 Å². The van der Waals surface area contributed by atoms with E-state index in [0.29, 0.717) is 5.41 Å². The van der Waals surface area contributed by atoms with Crippen LogP contribution >= 0.6 is 0 Å². The van der Waals surface area contributed by atoms with Crippen LogP contribution in [-0.2, 0) is 4.74 Å². The Morgan fingerprint density at radius 3 is 3.15 bits per heavy atom. The topological polar surface area (TPSA) is 24.5 Å². The SMILES string of the molecule is CN1CCOC[C@]2(CCCNC2)C1. The molecule has 76 valence electrons. The molecule has 2 aliphatic rings. The summed E-state index contributed by atoms with van der Waals surface area (Å²) in [6.07, 6.45) is 2.63. The lowest BCUT2D eigenvalue weighted by Crippen LogP contribution is -2.48. The summed E-state index contributed by atoms with van der Waals surface area (Å²) in [5, 5.41) is 3.49. The van der Waals surface area contributed by atoms with Gasteiger partial charge < -0.3 is 15.0 Å². The van der Waals surface area contributed by atoms with Gasteiger partial charge in [-0.25, -0.2) is 0 Å². The monoisotopic (exact) mass is 184 g/mol. The van der Waals surface area contributed by atoms with Gasteiger partial charge in [0.25, 0.3) is 0 Å². The van der Waals surface area contributed by atoms with E-state index in [0.717, 1.165) is 26.3 Å². The Kier molecular flexibility index (Phi) is 2.86. The zero-order valence-corrected chi connectivity index (χ0v) is 8.51. The van der Waals surface area contributed by atoms with Crippen molar-refractivity contribution in [1.82, 2.24) is 10.2 Å². The molecular formula is C10H20N2O. The molecule has 0 bridgehead atoms. The lowest BCUT2D eigenvalue weighted by atomic mass is 9.81. The number of likely N-dealkylation sites (N-methyl/N-ethyl adjacent to an activating group) is 1. The molecule has 0 aromatic carbocycles. The largest absolute Gasteiger partial charge is 0.379 e. The summed E-state index contributed by atoms with van der Waals surface area (Å²) in [6, 6.07) is 0. The molecule has 0 aromatic rings. The molecule has 13 heavy (non-hydrogen) atoms. The van der Waals surface area contributed by atoms with Crippen molar-refractivity contribution in [2.24, 2.45) is 5.41 Å². The van der Waals surface area contributed by atoms with Gasteiger partial charge in [-0.2, -0.15) is 0 Å². The van der Waals surface area contributed by atoms with Crippen molar-refractivity contribution in [3.05, 3.63) is 0 Å².